The van der Waals surface area contributed by atoms with E-state index < -0.39 is 28.7 Å². The van der Waals surface area contributed by atoms with Crippen molar-refractivity contribution in [2.75, 3.05) is 5.32 Å². The molecule has 0 aliphatic heterocycles. The maximum absolute atomic E-state index is 13.7. The molecular formula is C15H13ClFN3O5. The third kappa shape index (κ3) is 4.32. The van der Waals surface area contributed by atoms with Crippen LogP contribution in [0.4, 0.5) is 15.8 Å². The maximum Gasteiger partial charge on any atom is 0.355 e. The van der Waals surface area contributed by atoms with Crippen LogP contribution in [0, 0.1) is 15.9 Å². The molecule has 2 aromatic rings. The van der Waals surface area contributed by atoms with Gasteiger partial charge in [0.25, 0.3) is 11.6 Å². The highest BCUT2D eigenvalue weighted by Crippen LogP contribution is 2.20. The number of aryl methyl sites for hydroxylation is 1. The lowest BCUT2D eigenvalue weighted by Gasteiger charge is -2.14. The summed E-state index contributed by atoms with van der Waals surface area (Å²) < 4.78 is 19.8. The van der Waals surface area contributed by atoms with E-state index in [1.54, 1.807) is 0 Å². The number of amides is 1. The van der Waals surface area contributed by atoms with Crippen LogP contribution in [0.2, 0.25) is 5.02 Å². The Morgan fingerprint density at radius 2 is 2.08 bits per heavy atom. The molecule has 1 N–H and O–H groups in total. The lowest BCUT2D eigenvalue weighted by Crippen LogP contribution is -2.30. The number of anilines is 1. The molecule has 1 aromatic heterocycles. The van der Waals surface area contributed by atoms with Crippen molar-refractivity contribution in [1.29, 1.82) is 0 Å². The molecule has 1 heterocycles. The highest BCUT2D eigenvalue weighted by atomic mass is 35.5. The highest BCUT2D eigenvalue weighted by molar-refractivity contribution is 6.30. The van der Waals surface area contributed by atoms with Crippen LogP contribution in [0.25, 0.3) is 0 Å². The summed E-state index contributed by atoms with van der Waals surface area (Å²) in [5.41, 5.74) is -0.495. The van der Waals surface area contributed by atoms with Crippen LogP contribution in [0.5, 0.6) is 0 Å². The Balaban J connectivity index is 2.05. The van der Waals surface area contributed by atoms with Crippen LogP contribution in [-0.2, 0) is 16.6 Å². The first-order chi connectivity index (χ1) is 11.7. The minimum absolute atomic E-state index is 0.0935. The van der Waals surface area contributed by atoms with E-state index in [1.807, 2.05) is 0 Å². The second kappa shape index (κ2) is 7.31. The van der Waals surface area contributed by atoms with Crippen LogP contribution in [0.15, 0.2) is 30.5 Å². The molecule has 1 unspecified atom stereocenters. The number of hydrogen-bond acceptors (Lipinski definition) is 5. The van der Waals surface area contributed by atoms with Gasteiger partial charge in [0.1, 0.15) is 11.5 Å². The minimum Gasteiger partial charge on any atom is -0.448 e. The van der Waals surface area contributed by atoms with Crippen LogP contribution in [0.3, 0.4) is 0 Å². The molecule has 0 aliphatic rings. The van der Waals surface area contributed by atoms with Crippen LogP contribution in [-0.4, -0.2) is 27.5 Å². The Bertz CT molecular complexity index is 852. The second-order valence-electron chi connectivity index (χ2n) is 5.11. The van der Waals surface area contributed by atoms with Crippen molar-refractivity contribution in [2.24, 2.45) is 7.05 Å². The normalized spacial score (nSPS) is 11.7. The summed E-state index contributed by atoms with van der Waals surface area (Å²) in [5.74, 6) is -2.43. The number of nitrogens with one attached hydrogen (secondary N) is 1. The zero-order valence-corrected chi connectivity index (χ0v) is 13.9. The number of nitrogens with zero attached hydrogens (tertiary/aromatic N) is 2. The summed E-state index contributed by atoms with van der Waals surface area (Å²) in [7, 11) is 1.43. The lowest BCUT2D eigenvalue weighted by atomic mass is 10.3. The molecule has 0 bridgehead atoms. The fourth-order valence-corrected chi connectivity index (χ4v) is 2.11. The molecule has 0 aliphatic carbocycles. The largest absolute Gasteiger partial charge is 0.448 e. The van der Waals surface area contributed by atoms with Gasteiger partial charge >= 0.3 is 5.97 Å². The Hall–Kier alpha value is -2.94. The van der Waals surface area contributed by atoms with E-state index in [1.165, 1.54) is 30.7 Å². The van der Waals surface area contributed by atoms with Crippen LogP contribution in [0.1, 0.15) is 17.4 Å². The average molecular weight is 370 g/mol. The van der Waals surface area contributed by atoms with Crippen molar-refractivity contribution in [3.05, 3.63) is 57.1 Å². The van der Waals surface area contributed by atoms with Crippen molar-refractivity contribution >= 4 is 34.9 Å². The average Bonchev–Trinajstić information content (AvgIpc) is 2.92. The lowest BCUT2D eigenvalue weighted by molar-refractivity contribution is -0.384. The molecule has 132 valence electrons. The van der Waals surface area contributed by atoms with Gasteiger partial charge in [0.05, 0.1) is 16.8 Å². The summed E-state index contributed by atoms with van der Waals surface area (Å²) in [5, 5.41) is 13.1. The Morgan fingerprint density at radius 3 is 2.64 bits per heavy atom. The molecule has 0 fully saturated rings. The van der Waals surface area contributed by atoms with Gasteiger partial charge in [0.15, 0.2) is 6.10 Å². The fourth-order valence-electron chi connectivity index (χ4n) is 1.95. The number of esters is 1. The van der Waals surface area contributed by atoms with Gasteiger partial charge in [-0.3, -0.25) is 14.9 Å². The van der Waals surface area contributed by atoms with Gasteiger partial charge in [-0.15, -0.1) is 0 Å². The minimum atomic E-state index is -1.25. The van der Waals surface area contributed by atoms with Crippen molar-refractivity contribution in [2.45, 2.75) is 13.0 Å². The number of ether oxygens (including phenoxy) is 1. The van der Waals surface area contributed by atoms with Crippen LogP contribution >= 0.6 is 11.6 Å². The molecule has 0 spiro atoms. The molecule has 0 radical (unpaired) electrons. The number of halogens is 2. The van der Waals surface area contributed by atoms with Gasteiger partial charge in [-0.2, -0.15) is 0 Å². The van der Waals surface area contributed by atoms with Gasteiger partial charge in [-0.1, -0.05) is 11.6 Å². The van der Waals surface area contributed by atoms with Crippen molar-refractivity contribution < 1.29 is 23.6 Å². The van der Waals surface area contributed by atoms with E-state index in [0.29, 0.717) is 0 Å². The highest BCUT2D eigenvalue weighted by Gasteiger charge is 2.24. The molecule has 1 amide bonds. The summed E-state index contributed by atoms with van der Waals surface area (Å²) in [6.45, 7) is 1.29. The topological polar surface area (TPSA) is 103 Å². The summed E-state index contributed by atoms with van der Waals surface area (Å²) in [6, 6.07) is 4.72. The molecule has 2 rings (SSSR count). The smallest absolute Gasteiger partial charge is 0.355 e. The molecule has 0 saturated heterocycles. The first-order valence-electron chi connectivity index (χ1n) is 6.96. The van der Waals surface area contributed by atoms with Gasteiger partial charge in [-0.05, 0) is 25.1 Å². The molecule has 1 aromatic carbocycles. The van der Waals surface area contributed by atoms with E-state index in [4.69, 9.17) is 16.3 Å². The maximum atomic E-state index is 13.7. The number of nitro groups is 1. The van der Waals surface area contributed by atoms with E-state index in [-0.39, 0.29) is 22.1 Å². The Kier molecular flexibility index (Phi) is 5.38. The second-order valence-corrected chi connectivity index (χ2v) is 5.55. The zero-order chi connectivity index (χ0) is 18.7. The number of carbonyl (C=O) groups is 2. The van der Waals surface area contributed by atoms with Gasteiger partial charge in [0, 0.05) is 18.1 Å². The van der Waals surface area contributed by atoms with Gasteiger partial charge in [-0.25, -0.2) is 9.18 Å². The number of benzene rings is 1. The molecule has 0 saturated carbocycles. The summed E-state index contributed by atoms with van der Waals surface area (Å²) >= 11 is 5.62. The predicted molar refractivity (Wildman–Crippen MR) is 87.0 cm³/mol. The third-order valence-corrected chi connectivity index (χ3v) is 3.49. The predicted octanol–water partition coefficient (Wildman–Crippen LogP) is 2.91. The van der Waals surface area contributed by atoms with E-state index >= 15 is 0 Å². The zero-order valence-electron chi connectivity index (χ0n) is 13.2. The van der Waals surface area contributed by atoms with Crippen molar-refractivity contribution in [3.63, 3.8) is 0 Å². The first kappa shape index (κ1) is 18.4. The Morgan fingerprint density at radius 1 is 1.40 bits per heavy atom. The van der Waals surface area contributed by atoms with Crippen molar-refractivity contribution in [3.8, 4) is 0 Å². The number of aromatic nitrogens is 1. The first-order valence-corrected chi connectivity index (χ1v) is 7.34. The van der Waals surface area contributed by atoms with Crippen LogP contribution < -0.4 is 5.32 Å². The number of rotatable bonds is 5. The summed E-state index contributed by atoms with van der Waals surface area (Å²) in [6.07, 6.45) is -0.110. The van der Waals surface area contributed by atoms with E-state index in [0.717, 1.165) is 18.3 Å². The molecule has 1 atom stereocenters. The van der Waals surface area contributed by atoms with Crippen molar-refractivity contribution in [1.82, 2.24) is 4.57 Å². The quantitative estimate of drug-likeness (QED) is 0.496. The van der Waals surface area contributed by atoms with Gasteiger partial charge in [0.2, 0.25) is 0 Å². The summed E-state index contributed by atoms with van der Waals surface area (Å²) in [4.78, 5) is 34.1. The molecule has 8 nitrogen and oxygen atoms in total. The monoisotopic (exact) mass is 369 g/mol. The third-order valence-electron chi connectivity index (χ3n) is 3.25. The van der Waals surface area contributed by atoms with Gasteiger partial charge < -0.3 is 14.6 Å². The van der Waals surface area contributed by atoms with E-state index in [9.17, 15) is 24.1 Å². The van der Waals surface area contributed by atoms with E-state index in [2.05, 4.69) is 5.32 Å². The SMILES string of the molecule is CC(OC(=O)c1cc([N+](=O)[O-])cn1C)C(=O)Nc1ccc(Cl)cc1F. The molecule has 10 heteroatoms. The molecular weight excluding hydrogens is 357 g/mol. The Labute approximate surface area is 146 Å². The molecule has 25 heavy (non-hydrogen) atoms. The standard InChI is InChI=1S/C15H13ClFN3O5/c1-8(14(21)18-12-4-3-9(16)5-11(12)17)25-15(22)13-6-10(20(23)24)7-19(13)2/h3-8H,1-2H3,(H,18,21). The number of carbonyl (C=O) groups excluding carboxylic acids is 2. The fraction of sp³-hybridized carbons (Fsp3) is 0.200. The number of hydrogen-bond donors (Lipinski definition) is 1.